The van der Waals surface area contributed by atoms with E-state index in [2.05, 4.69) is 0 Å². The largest absolute Gasteiger partial charge is 0.476 e. The van der Waals surface area contributed by atoms with Crippen LogP contribution in [0.4, 0.5) is 5.69 Å². The number of hydrogen-bond acceptors (Lipinski definition) is 5. The van der Waals surface area contributed by atoms with Crippen molar-refractivity contribution < 1.29 is 22.7 Å². The van der Waals surface area contributed by atoms with Gasteiger partial charge >= 0.3 is 0 Å². The van der Waals surface area contributed by atoms with Crippen LogP contribution in [0.1, 0.15) is 12.8 Å². The Bertz CT molecular complexity index is 1100. The Balaban J connectivity index is 1.61. The molecule has 0 aromatic heterocycles. The molecule has 1 fully saturated rings. The van der Waals surface area contributed by atoms with Crippen molar-refractivity contribution in [3.05, 3.63) is 53.6 Å². The van der Waals surface area contributed by atoms with E-state index in [9.17, 15) is 18.0 Å². The van der Waals surface area contributed by atoms with Gasteiger partial charge in [-0.1, -0.05) is 23.7 Å². The number of nitrogens with zero attached hydrogens (tertiary/aromatic N) is 2. The zero-order valence-electron chi connectivity index (χ0n) is 16.6. The van der Waals surface area contributed by atoms with Crippen LogP contribution in [-0.4, -0.2) is 50.9 Å². The molecule has 2 aliphatic heterocycles. The van der Waals surface area contributed by atoms with E-state index in [0.29, 0.717) is 42.4 Å². The molecule has 8 nitrogen and oxygen atoms in total. The molecule has 2 heterocycles. The third-order valence-electron chi connectivity index (χ3n) is 5.62. The molecule has 31 heavy (non-hydrogen) atoms. The number of fused-ring (bicyclic) bond motifs is 1. The molecular weight excluding hydrogens is 442 g/mol. The van der Waals surface area contributed by atoms with Crippen molar-refractivity contribution in [1.82, 2.24) is 4.90 Å². The summed E-state index contributed by atoms with van der Waals surface area (Å²) in [5.74, 6) is -0.612. The number of amides is 2. The van der Waals surface area contributed by atoms with E-state index in [1.165, 1.54) is 28.6 Å². The van der Waals surface area contributed by atoms with Gasteiger partial charge in [0.2, 0.25) is 5.91 Å². The lowest BCUT2D eigenvalue weighted by molar-refractivity contribution is -0.141. The molecule has 164 valence electrons. The second-order valence-corrected chi connectivity index (χ2v) is 9.86. The number of hydrogen-bond donors (Lipinski definition) is 1. The van der Waals surface area contributed by atoms with Gasteiger partial charge in [-0.05, 0) is 49.2 Å². The maximum Gasteiger partial charge on any atom is 0.265 e. The predicted molar refractivity (Wildman–Crippen MR) is 115 cm³/mol. The summed E-state index contributed by atoms with van der Waals surface area (Å²) in [6.07, 6.45) is -0.0314. The van der Waals surface area contributed by atoms with E-state index >= 15 is 0 Å². The second-order valence-electron chi connectivity index (χ2n) is 7.57. The highest BCUT2D eigenvalue weighted by Crippen LogP contribution is 2.37. The Hall–Kier alpha value is -2.78. The topological polar surface area (TPSA) is 110 Å². The Labute approximate surface area is 185 Å². The third kappa shape index (κ3) is 4.20. The van der Waals surface area contributed by atoms with E-state index < -0.39 is 16.1 Å². The molecule has 2 amide bonds. The number of nitrogens with two attached hydrogens (primary N) is 1. The molecule has 0 saturated carbocycles. The monoisotopic (exact) mass is 463 g/mol. The summed E-state index contributed by atoms with van der Waals surface area (Å²) in [4.78, 5) is 26.2. The third-order valence-corrected chi connectivity index (χ3v) is 7.67. The fourth-order valence-corrected chi connectivity index (χ4v) is 5.48. The quantitative estimate of drug-likeness (QED) is 0.745. The molecule has 2 N–H and O–H groups in total. The van der Waals surface area contributed by atoms with E-state index in [1.807, 2.05) is 0 Å². The van der Waals surface area contributed by atoms with Crippen LogP contribution >= 0.6 is 11.6 Å². The minimum absolute atomic E-state index is 0.0714. The van der Waals surface area contributed by atoms with Crippen LogP contribution in [0, 0.1) is 5.92 Å². The predicted octanol–water partition coefficient (Wildman–Crippen LogP) is 2.02. The first-order valence-electron chi connectivity index (χ1n) is 9.89. The van der Waals surface area contributed by atoms with Gasteiger partial charge in [-0.3, -0.25) is 13.9 Å². The summed E-state index contributed by atoms with van der Waals surface area (Å²) in [6, 6.07) is 12.6. The van der Waals surface area contributed by atoms with Crippen molar-refractivity contribution in [3.8, 4) is 5.75 Å². The van der Waals surface area contributed by atoms with Crippen LogP contribution in [0.2, 0.25) is 5.02 Å². The van der Waals surface area contributed by atoms with Crippen LogP contribution in [0.3, 0.4) is 0 Å². The van der Waals surface area contributed by atoms with E-state index in [4.69, 9.17) is 22.1 Å². The number of carbonyl (C=O) groups excluding carboxylic acids is 2. The van der Waals surface area contributed by atoms with Crippen molar-refractivity contribution in [2.45, 2.75) is 23.8 Å². The number of para-hydroxylation sites is 2. The molecule has 1 atom stereocenters. The molecule has 2 aromatic carbocycles. The first kappa shape index (κ1) is 21.5. The number of halogens is 1. The number of piperidine rings is 1. The number of ether oxygens (including phenoxy) is 1. The Kier molecular flexibility index (Phi) is 5.81. The van der Waals surface area contributed by atoms with E-state index in [0.717, 1.165) is 0 Å². The van der Waals surface area contributed by atoms with Crippen LogP contribution in [-0.2, 0) is 19.6 Å². The number of rotatable bonds is 4. The van der Waals surface area contributed by atoms with Crippen LogP contribution in [0.5, 0.6) is 5.75 Å². The normalized spacial score (nSPS) is 19.5. The lowest BCUT2D eigenvalue weighted by Gasteiger charge is -2.38. The molecule has 1 saturated heterocycles. The van der Waals surface area contributed by atoms with Gasteiger partial charge in [0.15, 0.2) is 6.10 Å². The number of anilines is 1. The zero-order chi connectivity index (χ0) is 22.2. The summed E-state index contributed by atoms with van der Waals surface area (Å²) in [6.45, 7) is 0.590. The van der Waals surface area contributed by atoms with Crippen LogP contribution in [0.25, 0.3) is 0 Å². The molecule has 2 aromatic rings. The number of primary amides is 1. The zero-order valence-corrected chi connectivity index (χ0v) is 18.2. The molecule has 4 rings (SSSR count). The van der Waals surface area contributed by atoms with E-state index in [-0.39, 0.29) is 29.2 Å². The van der Waals surface area contributed by atoms with Gasteiger partial charge in [-0.2, -0.15) is 0 Å². The minimum Gasteiger partial charge on any atom is -0.476 e. The molecule has 0 aliphatic carbocycles. The van der Waals surface area contributed by atoms with Crippen LogP contribution in [0.15, 0.2) is 53.4 Å². The van der Waals surface area contributed by atoms with Gasteiger partial charge in [0.1, 0.15) is 5.75 Å². The number of sulfonamides is 1. The standard InChI is InChI=1S/C21H22ClN3O5S/c22-15-5-7-16(8-6-15)31(28,29)25-13-19(30-18-4-2-1-3-17(18)25)21(27)24-11-9-14(10-12-24)20(23)26/h1-8,14,19H,9-13H2,(H2,23,26)/t19-/m0/s1. The van der Waals surface area contributed by atoms with Crippen LogP contribution < -0.4 is 14.8 Å². The average molecular weight is 464 g/mol. The van der Waals surface area contributed by atoms with Crippen molar-refractivity contribution in [2.75, 3.05) is 23.9 Å². The highest BCUT2D eigenvalue weighted by molar-refractivity contribution is 7.92. The fraction of sp³-hybridized carbons (Fsp3) is 0.333. The van der Waals surface area contributed by atoms with Gasteiger partial charge in [-0.25, -0.2) is 8.42 Å². The maximum atomic E-state index is 13.4. The van der Waals surface area contributed by atoms with Gasteiger partial charge in [0.25, 0.3) is 15.9 Å². The summed E-state index contributed by atoms with van der Waals surface area (Å²) in [7, 11) is -3.95. The molecule has 0 bridgehead atoms. The molecule has 0 radical (unpaired) electrons. The molecule has 10 heteroatoms. The van der Waals surface area contributed by atoms with Gasteiger partial charge < -0.3 is 15.4 Å². The molecule has 2 aliphatic rings. The number of likely N-dealkylation sites (tertiary alicyclic amines) is 1. The highest BCUT2D eigenvalue weighted by atomic mass is 35.5. The van der Waals surface area contributed by atoms with Crippen molar-refractivity contribution in [2.24, 2.45) is 11.7 Å². The first-order chi connectivity index (χ1) is 14.8. The Morgan fingerprint density at radius 2 is 1.68 bits per heavy atom. The molecule has 0 spiro atoms. The van der Waals surface area contributed by atoms with Gasteiger partial charge in [0.05, 0.1) is 17.1 Å². The summed E-state index contributed by atoms with van der Waals surface area (Å²) in [5, 5.41) is 0.425. The molecular formula is C21H22ClN3O5S. The Morgan fingerprint density at radius 1 is 1.03 bits per heavy atom. The smallest absolute Gasteiger partial charge is 0.265 e. The Morgan fingerprint density at radius 3 is 2.32 bits per heavy atom. The van der Waals surface area contributed by atoms with E-state index in [1.54, 1.807) is 29.2 Å². The summed E-state index contributed by atoms with van der Waals surface area (Å²) in [5.41, 5.74) is 5.74. The van der Waals surface area contributed by atoms with Crippen molar-refractivity contribution in [3.63, 3.8) is 0 Å². The van der Waals surface area contributed by atoms with Crippen molar-refractivity contribution in [1.29, 1.82) is 0 Å². The van der Waals surface area contributed by atoms with Gasteiger partial charge in [0, 0.05) is 24.0 Å². The second kappa shape index (κ2) is 8.39. The number of benzene rings is 2. The SMILES string of the molecule is NC(=O)C1CCN(C(=O)[C@@H]2CN(S(=O)(=O)c3ccc(Cl)cc3)c3ccccc3O2)CC1. The van der Waals surface area contributed by atoms with Crippen molar-refractivity contribution >= 4 is 39.1 Å². The highest BCUT2D eigenvalue weighted by Gasteiger charge is 2.40. The maximum absolute atomic E-state index is 13.4. The summed E-state index contributed by atoms with van der Waals surface area (Å²) < 4.78 is 33.8. The number of carbonyl (C=O) groups is 2. The average Bonchev–Trinajstić information content (AvgIpc) is 2.78. The van der Waals surface area contributed by atoms with Gasteiger partial charge in [-0.15, -0.1) is 0 Å². The summed E-state index contributed by atoms with van der Waals surface area (Å²) >= 11 is 5.90. The lowest BCUT2D eigenvalue weighted by Crippen LogP contribution is -2.53. The fourth-order valence-electron chi connectivity index (χ4n) is 3.88. The molecule has 0 unspecified atom stereocenters. The first-order valence-corrected chi connectivity index (χ1v) is 11.7. The minimum atomic E-state index is -3.95. The lowest BCUT2D eigenvalue weighted by atomic mass is 9.96.